The quantitative estimate of drug-likeness (QED) is 0.598. The Hall–Kier alpha value is 0.921. The fourth-order valence-corrected chi connectivity index (χ4v) is 1.72. The second-order valence-corrected chi connectivity index (χ2v) is 3.65. The van der Waals surface area contributed by atoms with Gasteiger partial charge in [-0.2, -0.15) is 0 Å². The van der Waals surface area contributed by atoms with Gasteiger partial charge in [0.05, 0.1) is 5.92 Å². The van der Waals surface area contributed by atoms with Crippen molar-refractivity contribution in [1.29, 1.82) is 0 Å². The number of rotatable bonds is 3. The number of piperidine rings is 1. The Morgan fingerprint density at radius 3 is 2.53 bits per heavy atom. The summed E-state index contributed by atoms with van der Waals surface area (Å²) >= 11 is 0. The molecule has 1 unspecified atom stereocenters. The molecule has 1 fully saturated rings. The van der Waals surface area contributed by atoms with Crippen LogP contribution >= 0.6 is 0 Å². The third kappa shape index (κ3) is 6.28. The molecule has 15 heavy (non-hydrogen) atoms. The molecule has 0 saturated carbocycles. The zero-order valence-corrected chi connectivity index (χ0v) is 11.7. The fraction of sp³-hybridized carbons (Fsp3) is 0.857. The number of aliphatic carboxylic acids is 1. The van der Waals surface area contributed by atoms with Crippen molar-refractivity contribution >= 4 is 12.9 Å². The van der Waals surface area contributed by atoms with Crippen LogP contribution in [0.1, 0.15) is 12.8 Å². The van der Waals surface area contributed by atoms with Gasteiger partial charge in [-0.25, -0.2) is 0 Å². The monoisotopic (exact) mass is 249 g/mol. The number of halogens is 3. The number of likely N-dealkylation sites (tertiary alicyclic amines) is 1. The van der Waals surface area contributed by atoms with Gasteiger partial charge in [-0.15, -0.1) is 0 Å². The Labute approximate surface area is 129 Å². The van der Waals surface area contributed by atoms with E-state index in [0.717, 1.165) is 0 Å². The van der Waals surface area contributed by atoms with E-state index in [2.05, 4.69) is 0 Å². The molecule has 0 spiro atoms. The number of carbonyl (C=O) groups is 1. The first kappa shape index (κ1) is 15.9. The van der Waals surface area contributed by atoms with E-state index < -0.39 is 25.3 Å². The summed E-state index contributed by atoms with van der Waals surface area (Å²) < 4.78 is 36.1. The molecule has 1 N–H and O–H groups in total. The molecule has 0 aromatic carbocycles. The van der Waals surface area contributed by atoms with Crippen molar-refractivity contribution in [2.24, 2.45) is 5.92 Å². The van der Waals surface area contributed by atoms with Crippen molar-refractivity contribution in [1.82, 2.24) is 4.90 Å². The van der Waals surface area contributed by atoms with Gasteiger partial charge in [0.1, 0.15) is 0 Å². The van der Waals surface area contributed by atoms with Gasteiger partial charge >= 0.3 is 64.3 Å². The number of hydrogen-bond acceptors (Lipinski definition) is 2. The average Bonchev–Trinajstić information content (AvgIpc) is 2.01. The standard InChI is InChI=1S/C7H12BF3NO2.K/c9-8(10,11)5-12-3-1-2-6(4-12)7(13)14;/h6H,1-5H2,(H,13,14);/q-1;+1. The molecule has 0 bridgehead atoms. The summed E-state index contributed by atoms with van der Waals surface area (Å²) in [6.45, 7) is -4.46. The van der Waals surface area contributed by atoms with Gasteiger partial charge in [0.2, 0.25) is 0 Å². The minimum Gasteiger partial charge on any atom is -0.481 e. The first-order valence-electron chi connectivity index (χ1n) is 4.54. The zero-order valence-electron chi connectivity index (χ0n) is 8.63. The van der Waals surface area contributed by atoms with Crippen molar-refractivity contribution in [2.75, 3.05) is 19.5 Å². The summed E-state index contributed by atoms with van der Waals surface area (Å²) in [4.78, 5) is 11.7. The fourth-order valence-electron chi connectivity index (χ4n) is 1.72. The van der Waals surface area contributed by atoms with Gasteiger partial charge in [-0.3, -0.25) is 4.79 Å². The van der Waals surface area contributed by atoms with Crippen molar-refractivity contribution in [3.63, 3.8) is 0 Å². The molecular weight excluding hydrogens is 237 g/mol. The maximum atomic E-state index is 12.0. The Kier molecular flexibility index (Phi) is 7.01. The Bertz CT molecular complexity index is 227. The molecule has 0 aromatic heterocycles. The van der Waals surface area contributed by atoms with Gasteiger partial charge in [-0.05, 0) is 25.8 Å². The van der Waals surface area contributed by atoms with Crippen LogP contribution in [0.15, 0.2) is 0 Å². The van der Waals surface area contributed by atoms with Crippen LogP contribution < -0.4 is 51.4 Å². The predicted molar refractivity (Wildman–Crippen MR) is 45.9 cm³/mol. The van der Waals surface area contributed by atoms with Crippen molar-refractivity contribution in [3.05, 3.63) is 0 Å². The molecule has 0 aliphatic carbocycles. The van der Waals surface area contributed by atoms with Crippen LogP contribution in [0.4, 0.5) is 12.9 Å². The first-order chi connectivity index (χ1) is 6.38. The van der Waals surface area contributed by atoms with E-state index >= 15 is 0 Å². The van der Waals surface area contributed by atoms with E-state index in [1.54, 1.807) is 0 Å². The molecule has 82 valence electrons. The molecule has 3 nitrogen and oxygen atoms in total. The predicted octanol–water partition coefficient (Wildman–Crippen LogP) is -1.83. The van der Waals surface area contributed by atoms with Gasteiger partial charge in [0.25, 0.3) is 0 Å². The number of nitrogens with zero attached hydrogens (tertiary/aromatic N) is 1. The average molecular weight is 249 g/mol. The zero-order chi connectivity index (χ0) is 10.8. The molecule has 1 rings (SSSR count). The van der Waals surface area contributed by atoms with Crippen molar-refractivity contribution in [3.8, 4) is 0 Å². The van der Waals surface area contributed by atoms with Gasteiger partial charge in [0.15, 0.2) is 0 Å². The summed E-state index contributed by atoms with van der Waals surface area (Å²) in [7, 11) is 0. The van der Waals surface area contributed by atoms with E-state index in [1.807, 2.05) is 0 Å². The molecule has 0 amide bonds. The van der Waals surface area contributed by atoms with Gasteiger partial charge < -0.3 is 23.0 Å². The summed E-state index contributed by atoms with van der Waals surface area (Å²) in [5.74, 6) is -1.63. The molecule has 1 saturated heterocycles. The van der Waals surface area contributed by atoms with Gasteiger partial charge in [-0.1, -0.05) is 0 Å². The largest absolute Gasteiger partial charge is 1.00 e. The number of carboxylic acid groups (broad SMARTS) is 1. The van der Waals surface area contributed by atoms with E-state index in [9.17, 15) is 17.7 Å². The summed E-state index contributed by atoms with van der Waals surface area (Å²) in [6, 6.07) is 0. The molecule has 1 aliphatic heterocycles. The van der Waals surface area contributed by atoms with Crippen LogP contribution in [0.2, 0.25) is 0 Å². The van der Waals surface area contributed by atoms with Crippen LogP contribution in [0.5, 0.6) is 0 Å². The van der Waals surface area contributed by atoms with Crippen LogP contribution in [0.3, 0.4) is 0 Å². The number of carboxylic acids is 1. The Morgan fingerprint density at radius 2 is 2.07 bits per heavy atom. The summed E-state index contributed by atoms with van der Waals surface area (Å²) in [6.07, 6.45) is 0.0730. The van der Waals surface area contributed by atoms with Crippen molar-refractivity contribution < 1.29 is 74.2 Å². The van der Waals surface area contributed by atoms with E-state index in [4.69, 9.17) is 5.11 Å². The normalized spacial score (nSPS) is 23.3. The third-order valence-corrected chi connectivity index (χ3v) is 2.32. The second-order valence-electron chi connectivity index (χ2n) is 3.65. The summed E-state index contributed by atoms with van der Waals surface area (Å²) in [5, 5.41) is 8.65. The van der Waals surface area contributed by atoms with Crippen LogP contribution in [0, 0.1) is 5.92 Å². The molecular formula is C7H12BF3KNO2. The topological polar surface area (TPSA) is 40.5 Å². The maximum Gasteiger partial charge on any atom is 1.00 e. The smallest absolute Gasteiger partial charge is 0.481 e. The maximum absolute atomic E-state index is 12.0. The Balaban J connectivity index is 0.00000196. The molecule has 8 heteroatoms. The summed E-state index contributed by atoms with van der Waals surface area (Å²) in [5.41, 5.74) is 0. The minimum absolute atomic E-state index is 0. The molecule has 0 aromatic rings. The SMILES string of the molecule is O=C(O)C1CCCN(C[B-](F)(F)F)C1.[K+]. The van der Waals surface area contributed by atoms with E-state index in [-0.39, 0.29) is 57.9 Å². The Morgan fingerprint density at radius 1 is 1.47 bits per heavy atom. The molecule has 1 aliphatic rings. The molecule has 0 radical (unpaired) electrons. The van der Waals surface area contributed by atoms with Crippen molar-refractivity contribution in [2.45, 2.75) is 12.8 Å². The van der Waals surface area contributed by atoms with Gasteiger partial charge in [0, 0.05) is 6.54 Å². The van der Waals surface area contributed by atoms with Crippen LogP contribution in [-0.4, -0.2) is 42.5 Å². The molecule has 1 atom stereocenters. The second kappa shape index (κ2) is 6.61. The first-order valence-corrected chi connectivity index (χ1v) is 4.54. The third-order valence-electron chi connectivity index (χ3n) is 2.32. The minimum atomic E-state index is -4.84. The van der Waals surface area contributed by atoms with E-state index in [1.165, 1.54) is 4.90 Å². The van der Waals surface area contributed by atoms with Crippen LogP contribution in [0.25, 0.3) is 0 Å². The molecule has 1 heterocycles. The number of hydrogen-bond donors (Lipinski definition) is 1. The van der Waals surface area contributed by atoms with Crippen LogP contribution in [-0.2, 0) is 4.79 Å². The van der Waals surface area contributed by atoms with E-state index in [0.29, 0.717) is 19.4 Å².